The fourth-order valence-electron chi connectivity index (χ4n) is 2.51. The highest BCUT2D eigenvalue weighted by Crippen LogP contribution is 2.29. The standard InChI is InChI=1S/C16H17NO2/c18-11-10-17(13-8-9-13)16(19)15-7-3-5-12-4-1-2-6-14(12)15/h1-7,13,18H,8-11H2. The van der Waals surface area contributed by atoms with E-state index in [0.717, 1.165) is 29.2 Å². The van der Waals surface area contributed by atoms with Crippen LogP contribution >= 0.6 is 0 Å². The molecular formula is C16H17NO2. The highest BCUT2D eigenvalue weighted by atomic mass is 16.3. The lowest BCUT2D eigenvalue weighted by Gasteiger charge is -2.22. The predicted molar refractivity (Wildman–Crippen MR) is 75.1 cm³/mol. The maximum atomic E-state index is 12.6. The zero-order valence-corrected chi connectivity index (χ0v) is 10.7. The molecule has 3 rings (SSSR count). The second kappa shape index (κ2) is 5.02. The number of carbonyl (C=O) groups is 1. The Hall–Kier alpha value is -1.87. The Morgan fingerprint density at radius 2 is 1.89 bits per heavy atom. The van der Waals surface area contributed by atoms with Crippen LogP contribution in [-0.2, 0) is 0 Å². The van der Waals surface area contributed by atoms with Crippen molar-refractivity contribution in [2.24, 2.45) is 0 Å². The molecule has 1 aliphatic carbocycles. The van der Waals surface area contributed by atoms with Crippen molar-refractivity contribution in [2.45, 2.75) is 18.9 Å². The van der Waals surface area contributed by atoms with Gasteiger partial charge in [0, 0.05) is 18.2 Å². The van der Waals surface area contributed by atoms with E-state index >= 15 is 0 Å². The molecule has 0 aliphatic heterocycles. The predicted octanol–water partition coefficient (Wildman–Crippen LogP) is 2.44. The lowest BCUT2D eigenvalue weighted by Crippen LogP contribution is -2.35. The Balaban J connectivity index is 2.00. The number of hydrogen-bond acceptors (Lipinski definition) is 2. The quantitative estimate of drug-likeness (QED) is 0.911. The normalized spacial score (nSPS) is 14.6. The van der Waals surface area contributed by atoms with Crippen LogP contribution < -0.4 is 0 Å². The van der Waals surface area contributed by atoms with Gasteiger partial charge in [-0.05, 0) is 29.7 Å². The number of fused-ring (bicyclic) bond motifs is 1. The molecule has 3 nitrogen and oxygen atoms in total. The summed E-state index contributed by atoms with van der Waals surface area (Å²) >= 11 is 0. The molecule has 3 heteroatoms. The zero-order valence-electron chi connectivity index (χ0n) is 10.7. The van der Waals surface area contributed by atoms with E-state index in [1.807, 2.05) is 47.4 Å². The molecule has 0 aromatic heterocycles. The maximum Gasteiger partial charge on any atom is 0.254 e. The highest BCUT2D eigenvalue weighted by Gasteiger charge is 2.32. The van der Waals surface area contributed by atoms with Crippen molar-refractivity contribution >= 4 is 16.7 Å². The smallest absolute Gasteiger partial charge is 0.254 e. The SMILES string of the molecule is O=C(c1cccc2ccccc12)N(CCO)C1CC1. The number of carbonyl (C=O) groups excluding carboxylic acids is 1. The van der Waals surface area contributed by atoms with Crippen molar-refractivity contribution in [3.63, 3.8) is 0 Å². The summed E-state index contributed by atoms with van der Waals surface area (Å²) < 4.78 is 0. The Bertz CT molecular complexity index is 599. The molecule has 1 aliphatic rings. The van der Waals surface area contributed by atoms with Crippen LogP contribution in [0, 0.1) is 0 Å². The summed E-state index contributed by atoms with van der Waals surface area (Å²) in [4.78, 5) is 14.5. The Labute approximate surface area is 112 Å². The highest BCUT2D eigenvalue weighted by molar-refractivity contribution is 6.07. The number of nitrogens with zero attached hydrogens (tertiary/aromatic N) is 1. The first kappa shape index (κ1) is 12.2. The lowest BCUT2D eigenvalue weighted by atomic mass is 10.0. The first-order valence-corrected chi connectivity index (χ1v) is 6.71. The van der Waals surface area contributed by atoms with Gasteiger partial charge in [0.15, 0.2) is 0 Å². The molecule has 1 amide bonds. The molecule has 1 N–H and O–H groups in total. The molecule has 0 atom stereocenters. The third-order valence-corrected chi connectivity index (χ3v) is 3.61. The minimum absolute atomic E-state index is 0.0208. The monoisotopic (exact) mass is 255 g/mol. The number of rotatable bonds is 4. The number of hydrogen-bond donors (Lipinski definition) is 1. The van der Waals surface area contributed by atoms with Crippen molar-refractivity contribution in [3.8, 4) is 0 Å². The third-order valence-electron chi connectivity index (χ3n) is 3.61. The van der Waals surface area contributed by atoms with Crippen LogP contribution in [0.2, 0.25) is 0 Å². The number of amides is 1. The molecule has 2 aromatic rings. The second-order valence-electron chi connectivity index (χ2n) is 4.98. The van der Waals surface area contributed by atoms with Gasteiger partial charge in [-0.25, -0.2) is 0 Å². The van der Waals surface area contributed by atoms with Crippen LogP contribution in [0.3, 0.4) is 0 Å². The summed E-state index contributed by atoms with van der Waals surface area (Å²) in [6.45, 7) is 0.444. The molecule has 0 unspecified atom stereocenters. The van der Waals surface area contributed by atoms with Crippen molar-refractivity contribution < 1.29 is 9.90 Å². The van der Waals surface area contributed by atoms with Crippen LogP contribution in [0.4, 0.5) is 0 Å². The van der Waals surface area contributed by atoms with E-state index in [1.165, 1.54) is 0 Å². The minimum atomic E-state index is 0.0208. The fraction of sp³-hybridized carbons (Fsp3) is 0.312. The first-order valence-electron chi connectivity index (χ1n) is 6.71. The van der Waals surface area contributed by atoms with E-state index in [0.29, 0.717) is 12.6 Å². The Morgan fingerprint density at radius 3 is 2.63 bits per heavy atom. The van der Waals surface area contributed by atoms with Crippen LogP contribution in [0.25, 0.3) is 10.8 Å². The third kappa shape index (κ3) is 2.34. The molecule has 0 bridgehead atoms. The van der Waals surface area contributed by atoms with Gasteiger partial charge in [-0.2, -0.15) is 0 Å². The molecule has 0 saturated heterocycles. The summed E-state index contributed by atoms with van der Waals surface area (Å²) in [5.41, 5.74) is 0.735. The largest absolute Gasteiger partial charge is 0.395 e. The molecule has 1 saturated carbocycles. The molecule has 0 heterocycles. The lowest BCUT2D eigenvalue weighted by molar-refractivity contribution is 0.0709. The number of benzene rings is 2. The van der Waals surface area contributed by atoms with Crippen LogP contribution in [-0.4, -0.2) is 35.1 Å². The topological polar surface area (TPSA) is 40.5 Å². The van der Waals surface area contributed by atoms with E-state index < -0.39 is 0 Å². The van der Waals surface area contributed by atoms with Gasteiger partial charge in [0.05, 0.1) is 6.61 Å². The summed E-state index contributed by atoms with van der Waals surface area (Å²) in [7, 11) is 0. The van der Waals surface area contributed by atoms with E-state index in [2.05, 4.69) is 0 Å². The molecule has 98 valence electrons. The average Bonchev–Trinajstić information content (AvgIpc) is 3.28. The van der Waals surface area contributed by atoms with Gasteiger partial charge in [0.1, 0.15) is 0 Å². The van der Waals surface area contributed by atoms with Gasteiger partial charge in [-0.1, -0.05) is 36.4 Å². The maximum absolute atomic E-state index is 12.6. The molecule has 0 spiro atoms. The van der Waals surface area contributed by atoms with E-state index in [1.54, 1.807) is 0 Å². The Morgan fingerprint density at radius 1 is 1.16 bits per heavy atom. The van der Waals surface area contributed by atoms with Gasteiger partial charge < -0.3 is 10.0 Å². The van der Waals surface area contributed by atoms with Gasteiger partial charge >= 0.3 is 0 Å². The van der Waals surface area contributed by atoms with E-state index in [-0.39, 0.29) is 12.5 Å². The summed E-state index contributed by atoms with van der Waals surface area (Å²) in [5, 5.41) is 11.2. The molecular weight excluding hydrogens is 238 g/mol. The second-order valence-corrected chi connectivity index (χ2v) is 4.98. The van der Waals surface area contributed by atoms with Crippen molar-refractivity contribution in [2.75, 3.05) is 13.2 Å². The van der Waals surface area contributed by atoms with Gasteiger partial charge in [0.25, 0.3) is 5.91 Å². The van der Waals surface area contributed by atoms with Crippen molar-refractivity contribution in [1.29, 1.82) is 0 Å². The minimum Gasteiger partial charge on any atom is -0.395 e. The summed E-state index contributed by atoms with van der Waals surface area (Å²) in [5.74, 6) is 0.0355. The average molecular weight is 255 g/mol. The van der Waals surface area contributed by atoms with Gasteiger partial charge in [0.2, 0.25) is 0 Å². The van der Waals surface area contributed by atoms with Crippen LogP contribution in [0.5, 0.6) is 0 Å². The first-order chi connectivity index (χ1) is 9.31. The fourth-order valence-corrected chi connectivity index (χ4v) is 2.51. The number of aliphatic hydroxyl groups excluding tert-OH is 1. The summed E-state index contributed by atoms with van der Waals surface area (Å²) in [6, 6.07) is 14.0. The van der Waals surface area contributed by atoms with E-state index in [9.17, 15) is 4.79 Å². The molecule has 2 aromatic carbocycles. The summed E-state index contributed by atoms with van der Waals surface area (Å²) in [6.07, 6.45) is 2.10. The Kier molecular flexibility index (Phi) is 3.22. The molecule has 19 heavy (non-hydrogen) atoms. The van der Waals surface area contributed by atoms with Crippen LogP contribution in [0.1, 0.15) is 23.2 Å². The number of aliphatic hydroxyl groups is 1. The van der Waals surface area contributed by atoms with Gasteiger partial charge in [-0.3, -0.25) is 4.79 Å². The van der Waals surface area contributed by atoms with Crippen molar-refractivity contribution in [3.05, 3.63) is 48.0 Å². The van der Waals surface area contributed by atoms with Crippen LogP contribution in [0.15, 0.2) is 42.5 Å². The van der Waals surface area contributed by atoms with E-state index in [4.69, 9.17) is 5.11 Å². The molecule has 1 fully saturated rings. The van der Waals surface area contributed by atoms with Crippen molar-refractivity contribution in [1.82, 2.24) is 4.90 Å². The molecule has 0 radical (unpaired) electrons. The van der Waals surface area contributed by atoms with Gasteiger partial charge in [-0.15, -0.1) is 0 Å². The zero-order chi connectivity index (χ0) is 13.2.